The molecule has 1 unspecified atom stereocenters. The number of benzene rings is 1. The third kappa shape index (κ3) is 3.97. The first-order valence-corrected chi connectivity index (χ1v) is 6.98. The number of hydrogen-bond acceptors (Lipinski definition) is 3. The van der Waals surface area contributed by atoms with Gasteiger partial charge in [0.25, 0.3) is 0 Å². The van der Waals surface area contributed by atoms with E-state index in [2.05, 4.69) is 26.1 Å². The maximum Gasteiger partial charge on any atom is 0.240 e. The standard InChI is InChI=1S/C16H26N2O2/c1-6-18-16(5,14(17)19)11-20-13-10-8-7-9-12(13)15(2,3)4/h7-10,18H,6,11H2,1-5H3,(H2,17,19). The van der Waals surface area contributed by atoms with Gasteiger partial charge in [0, 0.05) is 0 Å². The number of likely N-dealkylation sites (N-methyl/N-ethyl adjacent to an activating group) is 1. The zero-order valence-corrected chi connectivity index (χ0v) is 13.1. The van der Waals surface area contributed by atoms with Gasteiger partial charge in [-0.3, -0.25) is 4.79 Å². The average molecular weight is 278 g/mol. The van der Waals surface area contributed by atoms with Crippen molar-refractivity contribution in [2.45, 2.75) is 45.6 Å². The lowest BCUT2D eigenvalue weighted by molar-refractivity contribution is -0.124. The summed E-state index contributed by atoms with van der Waals surface area (Å²) < 4.78 is 5.88. The van der Waals surface area contributed by atoms with Gasteiger partial charge < -0.3 is 15.8 Å². The van der Waals surface area contributed by atoms with E-state index in [1.54, 1.807) is 6.92 Å². The Morgan fingerprint density at radius 2 is 1.85 bits per heavy atom. The highest BCUT2D eigenvalue weighted by Gasteiger charge is 2.31. The van der Waals surface area contributed by atoms with Crippen molar-refractivity contribution in [3.8, 4) is 5.75 Å². The molecule has 0 bridgehead atoms. The number of primary amides is 1. The summed E-state index contributed by atoms with van der Waals surface area (Å²) in [6.45, 7) is 11.0. The summed E-state index contributed by atoms with van der Waals surface area (Å²) in [5, 5.41) is 3.09. The lowest BCUT2D eigenvalue weighted by Gasteiger charge is -2.29. The minimum absolute atomic E-state index is 0.0160. The Labute approximate surface area is 121 Å². The molecular formula is C16H26N2O2. The molecule has 3 N–H and O–H groups in total. The van der Waals surface area contributed by atoms with E-state index in [9.17, 15) is 4.79 Å². The summed E-state index contributed by atoms with van der Waals surface area (Å²) in [5.74, 6) is 0.387. The summed E-state index contributed by atoms with van der Waals surface area (Å²) in [7, 11) is 0. The Bertz CT molecular complexity index is 466. The first-order valence-electron chi connectivity index (χ1n) is 6.98. The number of rotatable bonds is 6. The van der Waals surface area contributed by atoms with Crippen molar-refractivity contribution in [2.24, 2.45) is 5.73 Å². The number of carbonyl (C=O) groups excluding carboxylic acids is 1. The number of nitrogens with one attached hydrogen (secondary N) is 1. The fraction of sp³-hybridized carbons (Fsp3) is 0.562. The summed E-state index contributed by atoms with van der Waals surface area (Å²) in [5.41, 5.74) is 5.70. The van der Waals surface area contributed by atoms with Crippen LogP contribution in [0.5, 0.6) is 5.75 Å². The second-order valence-electron chi connectivity index (χ2n) is 6.26. The van der Waals surface area contributed by atoms with Crippen LogP contribution in [0.15, 0.2) is 24.3 Å². The zero-order valence-electron chi connectivity index (χ0n) is 13.1. The number of para-hydroxylation sites is 1. The van der Waals surface area contributed by atoms with E-state index in [-0.39, 0.29) is 12.0 Å². The molecule has 0 saturated heterocycles. The van der Waals surface area contributed by atoms with Crippen molar-refractivity contribution in [1.29, 1.82) is 0 Å². The second kappa shape index (κ2) is 6.27. The van der Waals surface area contributed by atoms with Gasteiger partial charge in [-0.1, -0.05) is 45.9 Å². The number of nitrogens with two attached hydrogens (primary N) is 1. The average Bonchev–Trinajstić information content (AvgIpc) is 2.36. The summed E-state index contributed by atoms with van der Waals surface area (Å²) in [6.07, 6.45) is 0. The van der Waals surface area contributed by atoms with E-state index in [1.807, 2.05) is 31.2 Å². The molecule has 0 aliphatic carbocycles. The van der Waals surface area contributed by atoms with Gasteiger partial charge in [-0.05, 0) is 30.5 Å². The van der Waals surface area contributed by atoms with Crippen LogP contribution >= 0.6 is 0 Å². The molecule has 4 nitrogen and oxygen atoms in total. The van der Waals surface area contributed by atoms with Crippen LogP contribution in [0, 0.1) is 0 Å². The molecule has 0 aliphatic rings. The Morgan fingerprint density at radius 3 is 2.35 bits per heavy atom. The third-order valence-electron chi connectivity index (χ3n) is 3.32. The van der Waals surface area contributed by atoms with E-state index in [0.717, 1.165) is 11.3 Å². The van der Waals surface area contributed by atoms with E-state index in [0.29, 0.717) is 6.54 Å². The molecule has 0 aliphatic heterocycles. The van der Waals surface area contributed by atoms with Gasteiger partial charge in [-0.25, -0.2) is 0 Å². The normalized spacial score (nSPS) is 14.7. The Kier molecular flexibility index (Phi) is 5.17. The van der Waals surface area contributed by atoms with Gasteiger partial charge in [0.2, 0.25) is 5.91 Å². The monoisotopic (exact) mass is 278 g/mol. The number of ether oxygens (including phenoxy) is 1. The Morgan fingerprint density at radius 1 is 1.25 bits per heavy atom. The highest BCUT2D eigenvalue weighted by molar-refractivity contribution is 5.84. The largest absolute Gasteiger partial charge is 0.491 e. The molecule has 1 aromatic carbocycles. The minimum Gasteiger partial charge on any atom is -0.491 e. The first kappa shape index (κ1) is 16.5. The Hall–Kier alpha value is -1.55. The van der Waals surface area contributed by atoms with Crippen LogP contribution in [0.4, 0.5) is 0 Å². The van der Waals surface area contributed by atoms with Crippen LogP contribution in [0.2, 0.25) is 0 Å². The molecule has 1 rings (SSSR count). The topological polar surface area (TPSA) is 64.3 Å². The smallest absolute Gasteiger partial charge is 0.240 e. The van der Waals surface area contributed by atoms with E-state index in [4.69, 9.17) is 10.5 Å². The first-order chi connectivity index (χ1) is 9.20. The molecule has 0 radical (unpaired) electrons. The molecule has 112 valence electrons. The van der Waals surface area contributed by atoms with Crippen molar-refractivity contribution in [3.63, 3.8) is 0 Å². The molecular weight excluding hydrogens is 252 g/mol. The maximum atomic E-state index is 11.6. The molecule has 0 fully saturated rings. The third-order valence-corrected chi connectivity index (χ3v) is 3.32. The highest BCUT2D eigenvalue weighted by Crippen LogP contribution is 2.31. The molecule has 0 spiro atoms. The number of amides is 1. The summed E-state index contributed by atoms with van der Waals surface area (Å²) in [4.78, 5) is 11.6. The second-order valence-corrected chi connectivity index (χ2v) is 6.26. The lowest BCUT2D eigenvalue weighted by Crippen LogP contribution is -2.57. The SMILES string of the molecule is CCNC(C)(COc1ccccc1C(C)(C)C)C(N)=O. The summed E-state index contributed by atoms with van der Waals surface area (Å²) in [6, 6.07) is 7.89. The number of hydrogen-bond donors (Lipinski definition) is 2. The van der Waals surface area contributed by atoms with E-state index in [1.165, 1.54) is 0 Å². The van der Waals surface area contributed by atoms with E-state index < -0.39 is 11.4 Å². The lowest BCUT2D eigenvalue weighted by atomic mass is 9.86. The molecule has 1 atom stereocenters. The van der Waals surface area contributed by atoms with Crippen molar-refractivity contribution in [3.05, 3.63) is 29.8 Å². The quantitative estimate of drug-likeness (QED) is 0.838. The van der Waals surface area contributed by atoms with E-state index >= 15 is 0 Å². The molecule has 4 heteroatoms. The van der Waals surface area contributed by atoms with Gasteiger partial charge in [0.15, 0.2) is 0 Å². The number of carbonyl (C=O) groups is 1. The minimum atomic E-state index is -0.861. The van der Waals surface area contributed by atoms with Crippen LogP contribution in [0.25, 0.3) is 0 Å². The van der Waals surface area contributed by atoms with Crippen molar-refractivity contribution < 1.29 is 9.53 Å². The molecule has 0 aromatic heterocycles. The Balaban J connectivity index is 2.92. The predicted octanol–water partition coefficient (Wildman–Crippen LogP) is 2.22. The summed E-state index contributed by atoms with van der Waals surface area (Å²) >= 11 is 0. The van der Waals surface area contributed by atoms with Crippen molar-refractivity contribution >= 4 is 5.91 Å². The fourth-order valence-corrected chi connectivity index (χ4v) is 2.03. The van der Waals surface area contributed by atoms with Gasteiger partial charge in [0.1, 0.15) is 17.9 Å². The van der Waals surface area contributed by atoms with Gasteiger partial charge >= 0.3 is 0 Å². The zero-order chi connectivity index (χ0) is 15.4. The maximum absolute atomic E-state index is 11.6. The molecule has 1 amide bonds. The van der Waals surface area contributed by atoms with Crippen molar-refractivity contribution in [1.82, 2.24) is 5.32 Å². The molecule has 0 saturated carbocycles. The molecule has 20 heavy (non-hydrogen) atoms. The van der Waals surface area contributed by atoms with Crippen LogP contribution in [-0.2, 0) is 10.2 Å². The van der Waals surface area contributed by atoms with Crippen LogP contribution in [0.1, 0.15) is 40.2 Å². The molecule has 1 aromatic rings. The van der Waals surface area contributed by atoms with Gasteiger partial charge in [-0.2, -0.15) is 0 Å². The van der Waals surface area contributed by atoms with Crippen LogP contribution < -0.4 is 15.8 Å². The van der Waals surface area contributed by atoms with Crippen molar-refractivity contribution in [2.75, 3.05) is 13.2 Å². The van der Waals surface area contributed by atoms with Gasteiger partial charge in [-0.15, -0.1) is 0 Å². The molecule has 0 heterocycles. The van der Waals surface area contributed by atoms with Crippen LogP contribution in [0.3, 0.4) is 0 Å². The fourth-order valence-electron chi connectivity index (χ4n) is 2.03. The highest BCUT2D eigenvalue weighted by atomic mass is 16.5. The van der Waals surface area contributed by atoms with Crippen LogP contribution in [-0.4, -0.2) is 24.6 Å². The van der Waals surface area contributed by atoms with Gasteiger partial charge in [0.05, 0.1) is 0 Å². The predicted molar refractivity (Wildman–Crippen MR) is 81.9 cm³/mol.